The Morgan fingerprint density at radius 2 is 1.82 bits per heavy atom. The average molecular weight is 457 g/mol. The van der Waals surface area contributed by atoms with E-state index in [4.69, 9.17) is 4.74 Å². The van der Waals surface area contributed by atoms with Gasteiger partial charge in [-0.2, -0.15) is 4.98 Å². The van der Waals surface area contributed by atoms with Gasteiger partial charge in [-0.1, -0.05) is 19.1 Å². The van der Waals surface area contributed by atoms with Crippen molar-refractivity contribution in [2.24, 2.45) is 14.1 Å². The SMILES string of the molecule is CCc1cccc(OCC(O)Cn2c(N3CCN(C)CC3)nc3c2c(=O)n(C)c(=O)n3C)c1. The minimum absolute atomic E-state index is 0.0705. The molecule has 1 atom stereocenters. The molecule has 0 aliphatic carbocycles. The smallest absolute Gasteiger partial charge is 0.332 e. The van der Waals surface area contributed by atoms with E-state index in [1.165, 1.54) is 11.6 Å². The third kappa shape index (κ3) is 4.53. The molecular weight excluding hydrogens is 424 g/mol. The van der Waals surface area contributed by atoms with Crippen molar-refractivity contribution in [2.45, 2.75) is 26.0 Å². The van der Waals surface area contributed by atoms with E-state index in [0.717, 1.165) is 42.7 Å². The maximum atomic E-state index is 13.1. The van der Waals surface area contributed by atoms with E-state index < -0.39 is 17.4 Å². The highest BCUT2D eigenvalue weighted by Crippen LogP contribution is 2.22. The van der Waals surface area contributed by atoms with Crippen LogP contribution in [0.3, 0.4) is 0 Å². The molecule has 1 unspecified atom stereocenters. The number of nitrogens with zero attached hydrogens (tertiary/aromatic N) is 6. The largest absolute Gasteiger partial charge is 0.491 e. The number of ether oxygens (including phenoxy) is 1. The second-order valence-electron chi connectivity index (χ2n) is 8.66. The lowest BCUT2D eigenvalue weighted by Gasteiger charge is -2.33. The quantitative estimate of drug-likeness (QED) is 0.542. The maximum Gasteiger partial charge on any atom is 0.332 e. The zero-order chi connectivity index (χ0) is 23.7. The number of fused-ring (bicyclic) bond motifs is 1. The van der Waals surface area contributed by atoms with E-state index >= 15 is 0 Å². The molecule has 4 rings (SSSR count). The number of aliphatic hydroxyl groups excluding tert-OH is 1. The van der Waals surface area contributed by atoms with Crippen molar-refractivity contribution in [1.29, 1.82) is 0 Å². The number of aryl methyl sites for hydroxylation is 2. The highest BCUT2D eigenvalue weighted by atomic mass is 16.5. The summed E-state index contributed by atoms with van der Waals surface area (Å²) in [5, 5.41) is 10.8. The Morgan fingerprint density at radius 3 is 2.52 bits per heavy atom. The molecule has 33 heavy (non-hydrogen) atoms. The van der Waals surface area contributed by atoms with Crippen molar-refractivity contribution in [1.82, 2.24) is 23.6 Å². The first-order valence-corrected chi connectivity index (χ1v) is 11.3. The van der Waals surface area contributed by atoms with Crippen molar-refractivity contribution < 1.29 is 9.84 Å². The molecule has 1 saturated heterocycles. The minimum atomic E-state index is -0.874. The molecule has 1 aliphatic heterocycles. The van der Waals surface area contributed by atoms with Crippen LogP contribution in [-0.2, 0) is 27.1 Å². The second kappa shape index (κ2) is 9.40. The van der Waals surface area contributed by atoms with Crippen molar-refractivity contribution in [2.75, 3.05) is 44.7 Å². The van der Waals surface area contributed by atoms with E-state index in [9.17, 15) is 14.7 Å². The van der Waals surface area contributed by atoms with Crippen LogP contribution in [0.1, 0.15) is 12.5 Å². The van der Waals surface area contributed by atoms with Crippen LogP contribution in [0.25, 0.3) is 11.2 Å². The number of benzene rings is 1. The number of aliphatic hydroxyl groups is 1. The van der Waals surface area contributed by atoms with Crippen molar-refractivity contribution >= 4 is 17.1 Å². The van der Waals surface area contributed by atoms with Crippen molar-refractivity contribution in [3.8, 4) is 5.75 Å². The van der Waals surface area contributed by atoms with Crippen LogP contribution < -0.4 is 20.9 Å². The number of piperazine rings is 1. The van der Waals surface area contributed by atoms with E-state index in [2.05, 4.69) is 28.8 Å². The predicted molar refractivity (Wildman–Crippen MR) is 127 cm³/mol. The Balaban J connectivity index is 1.67. The fourth-order valence-electron chi connectivity index (χ4n) is 4.17. The third-order valence-corrected chi connectivity index (χ3v) is 6.26. The zero-order valence-corrected chi connectivity index (χ0v) is 19.7. The van der Waals surface area contributed by atoms with Crippen LogP contribution in [0.15, 0.2) is 33.9 Å². The van der Waals surface area contributed by atoms with Gasteiger partial charge in [-0.15, -0.1) is 0 Å². The first kappa shape index (κ1) is 23.1. The summed E-state index contributed by atoms with van der Waals surface area (Å²) in [5.74, 6) is 1.28. The molecule has 1 N–H and O–H groups in total. The number of hydrogen-bond acceptors (Lipinski definition) is 7. The summed E-state index contributed by atoms with van der Waals surface area (Å²) in [6.07, 6.45) is 0.0258. The summed E-state index contributed by atoms with van der Waals surface area (Å²) in [6.45, 7) is 5.47. The molecule has 0 bridgehead atoms. The first-order valence-electron chi connectivity index (χ1n) is 11.3. The van der Waals surface area contributed by atoms with Gasteiger partial charge < -0.3 is 24.2 Å². The van der Waals surface area contributed by atoms with E-state index in [1.54, 1.807) is 11.6 Å². The Morgan fingerprint density at radius 1 is 1.09 bits per heavy atom. The molecule has 1 aromatic carbocycles. The fourth-order valence-corrected chi connectivity index (χ4v) is 4.17. The summed E-state index contributed by atoms with van der Waals surface area (Å²) in [5.41, 5.74) is 0.928. The summed E-state index contributed by atoms with van der Waals surface area (Å²) in [4.78, 5) is 34.5. The Kier molecular flexibility index (Phi) is 6.57. The summed E-state index contributed by atoms with van der Waals surface area (Å²) >= 11 is 0. The summed E-state index contributed by atoms with van der Waals surface area (Å²) in [6, 6.07) is 7.78. The molecular formula is C23H32N6O4. The zero-order valence-electron chi connectivity index (χ0n) is 19.7. The molecule has 0 saturated carbocycles. The van der Waals surface area contributed by atoms with Gasteiger partial charge in [0.2, 0.25) is 5.95 Å². The van der Waals surface area contributed by atoms with E-state index in [1.807, 2.05) is 24.3 Å². The van der Waals surface area contributed by atoms with Crippen LogP contribution >= 0.6 is 0 Å². The van der Waals surface area contributed by atoms with Crippen LogP contribution in [0.4, 0.5) is 5.95 Å². The molecule has 10 heteroatoms. The van der Waals surface area contributed by atoms with Crippen LogP contribution in [-0.4, -0.2) is 74.6 Å². The molecule has 1 aliphatic rings. The number of rotatable bonds is 7. The first-order chi connectivity index (χ1) is 15.8. The highest BCUT2D eigenvalue weighted by Gasteiger charge is 2.26. The minimum Gasteiger partial charge on any atom is -0.491 e. The van der Waals surface area contributed by atoms with Crippen LogP contribution in [0, 0.1) is 0 Å². The van der Waals surface area contributed by atoms with Gasteiger partial charge in [-0.25, -0.2) is 4.79 Å². The lowest BCUT2D eigenvalue weighted by atomic mass is 10.2. The van der Waals surface area contributed by atoms with Gasteiger partial charge in [-0.05, 0) is 31.2 Å². The van der Waals surface area contributed by atoms with Gasteiger partial charge in [0.1, 0.15) is 18.5 Å². The monoisotopic (exact) mass is 456 g/mol. The molecule has 2 aromatic heterocycles. The number of imidazole rings is 1. The molecule has 3 heterocycles. The van der Waals surface area contributed by atoms with Crippen LogP contribution in [0.2, 0.25) is 0 Å². The average Bonchev–Trinajstić information content (AvgIpc) is 3.19. The van der Waals surface area contributed by atoms with Gasteiger partial charge in [0, 0.05) is 40.3 Å². The van der Waals surface area contributed by atoms with Gasteiger partial charge in [0.05, 0.1) is 6.54 Å². The predicted octanol–water partition coefficient (Wildman–Crippen LogP) is 0.188. The highest BCUT2D eigenvalue weighted by molar-refractivity contribution is 5.74. The molecule has 0 spiro atoms. The van der Waals surface area contributed by atoms with Gasteiger partial charge >= 0.3 is 5.69 Å². The van der Waals surface area contributed by atoms with Gasteiger partial charge in [0.15, 0.2) is 11.2 Å². The van der Waals surface area contributed by atoms with Gasteiger partial charge in [0.25, 0.3) is 5.56 Å². The lowest BCUT2D eigenvalue weighted by Crippen LogP contribution is -2.45. The number of aromatic nitrogens is 4. The topological polar surface area (TPSA) is 97.8 Å². The van der Waals surface area contributed by atoms with Gasteiger partial charge in [-0.3, -0.25) is 13.9 Å². The Hall–Kier alpha value is -3.11. The van der Waals surface area contributed by atoms with E-state index in [0.29, 0.717) is 22.9 Å². The molecule has 3 aromatic rings. The Labute approximate surface area is 192 Å². The molecule has 0 amide bonds. The molecule has 1 fully saturated rings. The fraction of sp³-hybridized carbons (Fsp3) is 0.522. The standard InChI is InChI=1S/C23H32N6O4/c1-5-16-7-6-8-18(13-16)33-15-17(30)14-29-19-20(26(3)23(32)27(4)21(19)31)24-22(29)28-11-9-25(2)10-12-28/h6-8,13,17,30H,5,9-12,14-15H2,1-4H3. The van der Waals surface area contributed by atoms with Crippen molar-refractivity contribution in [3.63, 3.8) is 0 Å². The number of anilines is 1. The van der Waals surface area contributed by atoms with Crippen molar-refractivity contribution in [3.05, 3.63) is 50.7 Å². The summed E-state index contributed by atoms with van der Waals surface area (Å²) in [7, 11) is 5.13. The second-order valence-corrected chi connectivity index (χ2v) is 8.66. The number of hydrogen-bond donors (Lipinski definition) is 1. The lowest BCUT2D eigenvalue weighted by molar-refractivity contribution is 0.0935. The van der Waals surface area contributed by atoms with Crippen LogP contribution in [0.5, 0.6) is 5.75 Å². The molecule has 178 valence electrons. The molecule has 10 nitrogen and oxygen atoms in total. The Bertz CT molecular complexity index is 1250. The maximum absolute atomic E-state index is 13.1. The molecule has 0 radical (unpaired) electrons. The summed E-state index contributed by atoms with van der Waals surface area (Å²) < 4.78 is 10.0. The van der Waals surface area contributed by atoms with E-state index in [-0.39, 0.29) is 13.2 Å². The number of likely N-dealkylation sites (N-methyl/N-ethyl adjacent to an activating group) is 1. The third-order valence-electron chi connectivity index (χ3n) is 6.26. The normalized spacial score (nSPS) is 15.8.